The van der Waals surface area contributed by atoms with Gasteiger partial charge < -0.3 is 4.90 Å². The maximum Gasteiger partial charge on any atom is 0.217 e. The molecular weight excluding hydrogens is 274 g/mol. The van der Waals surface area contributed by atoms with E-state index in [1.54, 1.807) is 12.1 Å². The van der Waals surface area contributed by atoms with Crippen LogP contribution in [0.2, 0.25) is 0 Å². The van der Waals surface area contributed by atoms with Crippen molar-refractivity contribution in [3.05, 3.63) is 30.1 Å². The van der Waals surface area contributed by atoms with Crippen LogP contribution in [0.15, 0.2) is 24.3 Å². The molecule has 7 heteroatoms. The average Bonchev–Trinajstić information content (AvgIpc) is 2.40. The molecule has 1 fully saturated rings. The first kappa shape index (κ1) is 13.7. The Morgan fingerprint density at radius 1 is 1.11 bits per heavy atom. The van der Waals surface area contributed by atoms with Crippen LogP contribution in [-0.2, 0) is 10.0 Å². The molecule has 2 rings (SSSR count). The van der Waals surface area contributed by atoms with Crippen molar-refractivity contribution in [3.8, 4) is 0 Å². The second-order valence-electron chi connectivity index (χ2n) is 4.14. The molecule has 100 valence electrons. The van der Waals surface area contributed by atoms with E-state index in [9.17, 15) is 12.8 Å². The van der Waals surface area contributed by atoms with Crippen molar-refractivity contribution in [3.63, 3.8) is 0 Å². The fraction of sp³-hybridized carbons (Fsp3) is 0.455. The number of hydrogen-bond acceptors (Lipinski definition) is 3. The van der Waals surface area contributed by atoms with Gasteiger partial charge in [-0.25, -0.2) is 12.8 Å². The van der Waals surface area contributed by atoms with Crippen molar-refractivity contribution in [2.24, 2.45) is 0 Å². The molecule has 1 aliphatic heterocycles. The van der Waals surface area contributed by atoms with Gasteiger partial charge in [0.25, 0.3) is 0 Å². The minimum absolute atomic E-state index is 0.0591. The Hall–Kier alpha value is -0.710. The summed E-state index contributed by atoms with van der Waals surface area (Å²) >= 11 is 0. The SMILES string of the molecule is O=S(=O)(CP)N1CCN(c2ccc(F)cc2)CC1. The number of hydrogen-bond donors (Lipinski definition) is 0. The molecule has 0 spiro atoms. The third-order valence-corrected chi connectivity index (χ3v) is 5.87. The van der Waals surface area contributed by atoms with Gasteiger partial charge in [-0.2, -0.15) is 4.31 Å². The number of piperazine rings is 1. The topological polar surface area (TPSA) is 40.6 Å². The molecule has 0 saturated carbocycles. The van der Waals surface area contributed by atoms with E-state index in [0.29, 0.717) is 26.2 Å². The van der Waals surface area contributed by atoms with E-state index in [-0.39, 0.29) is 11.3 Å². The smallest absolute Gasteiger partial charge is 0.217 e. The van der Waals surface area contributed by atoms with Gasteiger partial charge in [0.15, 0.2) is 0 Å². The van der Waals surface area contributed by atoms with E-state index in [2.05, 4.69) is 14.1 Å². The zero-order valence-corrected chi connectivity index (χ0v) is 11.9. The van der Waals surface area contributed by atoms with E-state index >= 15 is 0 Å². The van der Waals surface area contributed by atoms with Crippen LogP contribution in [0.1, 0.15) is 0 Å². The van der Waals surface area contributed by atoms with E-state index < -0.39 is 10.0 Å². The fourth-order valence-electron chi connectivity index (χ4n) is 1.98. The lowest BCUT2D eigenvalue weighted by Crippen LogP contribution is -2.48. The van der Waals surface area contributed by atoms with E-state index in [4.69, 9.17) is 0 Å². The lowest BCUT2D eigenvalue weighted by Gasteiger charge is -2.35. The summed E-state index contributed by atoms with van der Waals surface area (Å²) in [6.07, 6.45) is 0. The Balaban J connectivity index is 2.01. The molecule has 0 aromatic heterocycles. The highest BCUT2D eigenvalue weighted by Gasteiger charge is 2.25. The van der Waals surface area contributed by atoms with Crippen molar-refractivity contribution in [1.29, 1.82) is 0 Å². The third kappa shape index (κ3) is 2.99. The monoisotopic (exact) mass is 290 g/mol. The molecule has 1 atom stereocenters. The molecule has 4 nitrogen and oxygen atoms in total. The van der Waals surface area contributed by atoms with Gasteiger partial charge in [0.2, 0.25) is 10.0 Å². The molecule has 1 heterocycles. The minimum atomic E-state index is -3.12. The molecule has 1 aromatic rings. The molecule has 0 bridgehead atoms. The highest BCUT2D eigenvalue weighted by Crippen LogP contribution is 2.18. The molecule has 1 aliphatic rings. The predicted molar refractivity (Wildman–Crippen MR) is 73.7 cm³/mol. The van der Waals surface area contributed by atoms with Gasteiger partial charge in [-0.15, -0.1) is 9.24 Å². The van der Waals surface area contributed by atoms with Crippen LogP contribution in [0.5, 0.6) is 0 Å². The van der Waals surface area contributed by atoms with Crippen molar-refractivity contribution < 1.29 is 12.8 Å². The first-order valence-electron chi connectivity index (χ1n) is 5.71. The van der Waals surface area contributed by atoms with Gasteiger partial charge in [0, 0.05) is 31.9 Å². The number of nitrogens with zero attached hydrogens (tertiary/aromatic N) is 2. The van der Waals surface area contributed by atoms with Crippen molar-refractivity contribution in [1.82, 2.24) is 4.31 Å². The van der Waals surface area contributed by atoms with E-state index in [1.807, 2.05) is 0 Å². The molecule has 0 N–H and O–H groups in total. The van der Waals surface area contributed by atoms with Crippen LogP contribution < -0.4 is 4.90 Å². The maximum absolute atomic E-state index is 12.8. The summed E-state index contributed by atoms with van der Waals surface area (Å²) in [5.41, 5.74) is 0.989. The molecular formula is C11H16FN2O2PS. The summed E-state index contributed by atoms with van der Waals surface area (Å²) in [6, 6.07) is 6.27. The first-order chi connectivity index (χ1) is 8.53. The Morgan fingerprint density at radius 2 is 1.67 bits per heavy atom. The van der Waals surface area contributed by atoms with E-state index in [1.165, 1.54) is 16.4 Å². The van der Waals surface area contributed by atoms with Crippen molar-refractivity contribution in [2.75, 3.05) is 36.6 Å². The number of benzene rings is 1. The van der Waals surface area contributed by atoms with Crippen LogP contribution in [0, 0.1) is 5.82 Å². The lowest BCUT2D eigenvalue weighted by atomic mass is 10.2. The molecule has 18 heavy (non-hydrogen) atoms. The molecule has 1 saturated heterocycles. The second-order valence-corrected chi connectivity index (χ2v) is 7.15. The Bertz CT molecular complexity index is 498. The van der Waals surface area contributed by atoms with Crippen LogP contribution >= 0.6 is 9.24 Å². The van der Waals surface area contributed by atoms with Crippen LogP contribution in [0.25, 0.3) is 0 Å². The van der Waals surface area contributed by atoms with Gasteiger partial charge in [-0.3, -0.25) is 0 Å². The Morgan fingerprint density at radius 3 is 2.17 bits per heavy atom. The van der Waals surface area contributed by atoms with Gasteiger partial charge in [-0.1, -0.05) is 0 Å². The quantitative estimate of drug-likeness (QED) is 0.783. The number of halogens is 1. The number of sulfonamides is 1. The maximum atomic E-state index is 12.8. The highest BCUT2D eigenvalue weighted by atomic mass is 32.2. The summed E-state index contributed by atoms with van der Waals surface area (Å²) < 4.78 is 37.7. The Labute approximate surface area is 109 Å². The second kappa shape index (κ2) is 5.51. The fourth-order valence-corrected chi connectivity index (χ4v) is 3.54. The van der Waals surface area contributed by atoms with Crippen LogP contribution in [-0.4, -0.2) is 44.4 Å². The largest absolute Gasteiger partial charge is 0.369 e. The summed E-state index contributed by atoms with van der Waals surface area (Å²) in [4.78, 5) is 2.06. The summed E-state index contributed by atoms with van der Waals surface area (Å²) in [5, 5.41) is 0. The van der Waals surface area contributed by atoms with Crippen LogP contribution in [0.4, 0.5) is 10.1 Å². The van der Waals surface area contributed by atoms with Crippen LogP contribution in [0.3, 0.4) is 0 Å². The molecule has 0 aliphatic carbocycles. The predicted octanol–water partition coefficient (Wildman–Crippen LogP) is 1.11. The van der Waals surface area contributed by atoms with Gasteiger partial charge in [-0.05, 0) is 24.3 Å². The molecule has 1 aromatic carbocycles. The van der Waals surface area contributed by atoms with E-state index in [0.717, 1.165) is 5.69 Å². The molecule has 0 amide bonds. The highest BCUT2D eigenvalue weighted by molar-refractivity contribution is 7.92. The molecule has 0 radical (unpaired) electrons. The minimum Gasteiger partial charge on any atom is -0.369 e. The van der Waals surface area contributed by atoms with Gasteiger partial charge in [0.05, 0.1) is 5.49 Å². The zero-order chi connectivity index (χ0) is 13.2. The third-order valence-electron chi connectivity index (χ3n) is 3.03. The van der Waals surface area contributed by atoms with Gasteiger partial charge in [0.1, 0.15) is 5.82 Å². The Kier molecular flexibility index (Phi) is 4.20. The standard InChI is InChI=1S/C11H16FN2O2PS/c12-10-1-3-11(4-2-10)13-5-7-14(8-6-13)18(15,16)9-17/h1-4H,5-9,17H2. The summed E-state index contributed by atoms with van der Waals surface area (Å²) in [5.74, 6) is -0.261. The molecule has 1 unspecified atom stereocenters. The summed E-state index contributed by atoms with van der Waals surface area (Å²) in [7, 11) is -0.876. The number of rotatable bonds is 3. The first-order valence-corrected chi connectivity index (χ1v) is 8.14. The zero-order valence-electron chi connectivity index (χ0n) is 9.92. The van der Waals surface area contributed by atoms with Crippen molar-refractivity contribution in [2.45, 2.75) is 0 Å². The lowest BCUT2D eigenvalue weighted by molar-refractivity contribution is 0.387. The average molecular weight is 290 g/mol. The van der Waals surface area contributed by atoms with Crippen molar-refractivity contribution >= 4 is 25.0 Å². The summed E-state index contributed by atoms with van der Waals surface area (Å²) in [6.45, 7) is 2.23. The van der Waals surface area contributed by atoms with Gasteiger partial charge >= 0.3 is 0 Å². The normalized spacial score (nSPS) is 18.0. The number of anilines is 1.